The van der Waals surface area contributed by atoms with Gasteiger partial charge in [-0.1, -0.05) is 6.92 Å². The van der Waals surface area contributed by atoms with Gasteiger partial charge in [0.2, 0.25) is 5.89 Å². The molecule has 28 heavy (non-hydrogen) atoms. The first kappa shape index (κ1) is 17.6. The Hall–Kier alpha value is -2.48. The van der Waals surface area contributed by atoms with Gasteiger partial charge in [-0.25, -0.2) is 4.39 Å². The fourth-order valence-electron chi connectivity index (χ4n) is 5.05. The van der Waals surface area contributed by atoms with Crippen LogP contribution in [0.25, 0.3) is 0 Å². The van der Waals surface area contributed by atoms with Crippen molar-refractivity contribution in [3.63, 3.8) is 0 Å². The average Bonchev–Trinajstić information content (AvgIpc) is 3.45. The maximum atomic E-state index is 13.1. The summed E-state index contributed by atoms with van der Waals surface area (Å²) in [4.78, 5) is 19.0. The molecule has 3 saturated heterocycles. The number of halogens is 1. The molecule has 0 aliphatic carbocycles. The van der Waals surface area contributed by atoms with Gasteiger partial charge in [-0.3, -0.25) is 4.79 Å². The van der Waals surface area contributed by atoms with E-state index in [4.69, 9.17) is 9.26 Å². The van der Waals surface area contributed by atoms with Crippen molar-refractivity contribution in [3.05, 3.63) is 41.5 Å². The van der Waals surface area contributed by atoms with E-state index in [0.717, 1.165) is 25.9 Å². The maximum Gasteiger partial charge on any atom is 0.266 e. The summed E-state index contributed by atoms with van der Waals surface area (Å²) in [6.07, 6.45) is 2.93. The predicted octanol–water partition coefficient (Wildman–Crippen LogP) is 2.18. The molecule has 0 radical (unpaired) electrons. The highest BCUT2D eigenvalue weighted by Gasteiger charge is 2.63. The molecule has 148 valence electrons. The second-order valence-electron chi connectivity index (χ2n) is 7.97. The third-order valence-electron chi connectivity index (χ3n) is 6.43. The first-order valence-electron chi connectivity index (χ1n) is 9.87. The van der Waals surface area contributed by atoms with Crippen molar-refractivity contribution >= 4 is 11.9 Å². The van der Waals surface area contributed by atoms with Gasteiger partial charge in [-0.05, 0) is 42.3 Å². The summed E-state index contributed by atoms with van der Waals surface area (Å²) in [6, 6.07) is 5.61. The third-order valence-corrected chi connectivity index (χ3v) is 6.43. The van der Waals surface area contributed by atoms with Crippen molar-refractivity contribution < 1.29 is 18.4 Å². The molecule has 8 heteroatoms. The maximum absolute atomic E-state index is 13.1. The summed E-state index contributed by atoms with van der Waals surface area (Å²) in [5.74, 6) is 1.31. The van der Waals surface area contributed by atoms with Crippen molar-refractivity contribution in [2.45, 2.75) is 37.9 Å². The van der Waals surface area contributed by atoms with Gasteiger partial charge in [0, 0.05) is 36.9 Å². The molecule has 3 aliphatic rings. The van der Waals surface area contributed by atoms with Gasteiger partial charge in [0.15, 0.2) is 0 Å². The largest absolute Gasteiger partial charge is 0.369 e. The van der Waals surface area contributed by atoms with Crippen LogP contribution in [0.1, 0.15) is 36.0 Å². The number of anilines is 1. The van der Waals surface area contributed by atoms with E-state index in [1.165, 1.54) is 24.3 Å². The van der Waals surface area contributed by atoms with Gasteiger partial charge in [0.1, 0.15) is 5.82 Å². The van der Waals surface area contributed by atoms with Crippen LogP contribution in [-0.2, 0) is 11.2 Å². The van der Waals surface area contributed by atoms with Gasteiger partial charge in [-0.2, -0.15) is 4.98 Å². The van der Waals surface area contributed by atoms with Gasteiger partial charge in [-0.15, -0.1) is 0 Å². The number of nitrogens with zero attached hydrogens (tertiary/aromatic N) is 3. The van der Waals surface area contributed by atoms with Crippen molar-refractivity contribution in [1.29, 1.82) is 0 Å². The van der Waals surface area contributed by atoms with Crippen LogP contribution in [0.2, 0.25) is 0 Å². The van der Waals surface area contributed by atoms with Crippen LogP contribution in [0.5, 0.6) is 0 Å². The van der Waals surface area contributed by atoms with Crippen molar-refractivity contribution in [2.75, 3.05) is 24.5 Å². The summed E-state index contributed by atoms with van der Waals surface area (Å²) in [5, 5.41) is 7.12. The van der Waals surface area contributed by atoms with E-state index in [-0.39, 0.29) is 29.3 Å². The van der Waals surface area contributed by atoms with E-state index in [9.17, 15) is 9.18 Å². The lowest BCUT2D eigenvalue weighted by Crippen LogP contribution is -2.41. The number of hydrogen-bond acceptors (Lipinski definition) is 6. The zero-order chi connectivity index (χ0) is 19.3. The Morgan fingerprint density at radius 1 is 1.39 bits per heavy atom. The number of ether oxygens (including phenoxy) is 1. The first-order chi connectivity index (χ1) is 13.6. The van der Waals surface area contributed by atoms with Gasteiger partial charge in [0.25, 0.3) is 11.9 Å². The third kappa shape index (κ3) is 2.78. The number of hydrogen-bond donors (Lipinski definition) is 1. The molecule has 1 aromatic carbocycles. The van der Waals surface area contributed by atoms with Crippen LogP contribution in [0, 0.1) is 17.7 Å². The highest BCUT2D eigenvalue weighted by Crippen LogP contribution is 2.55. The topological polar surface area (TPSA) is 80.5 Å². The highest BCUT2D eigenvalue weighted by atomic mass is 19.1. The number of nitrogens with one attached hydrogen (secondary N) is 1. The molecule has 4 heterocycles. The van der Waals surface area contributed by atoms with E-state index in [1.807, 2.05) is 6.92 Å². The smallest absolute Gasteiger partial charge is 0.266 e. The molecule has 3 fully saturated rings. The van der Waals surface area contributed by atoms with Crippen LogP contribution in [0.15, 0.2) is 28.8 Å². The van der Waals surface area contributed by atoms with Crippen LogP contribution in [0.4, 0.5) is 10.3 Å². The standard InChI is InChI=1S/C20H23FN4O3/c1-2-17-23-19(24-28-17)25-10-15-14(16-7-8-20(15,11-25)27-16)9-22-18(26)12-3-5-13(21)6-4-12/h3-6,14-16H,2,7-11H2,1H3,(H,22,26)/t14-,15+,16+,20+/m0/s1. The van der Waals surface area contributed by atoms with Crippen LogP contribution in [-0.4, -0.2) is 47.4 Å². The fourth-order valence-corrected chi connectivity index (χ4v) is 5.05. The monoisotopic (exact) mass is 386 g/mol. The number of aryl methyl sites for hydroxylation is 1. The molecule has 1 amide bonds. The molecular formula is C20H23FN4O3. The Kier molecular flexibility index (Phi) is 4.12. The summed E-state index contributed by atoms with van der Waals surface area (Å²) in [6.45, 7) is 4.10. The summed E-state index contributed by atoms with van der Waals surface area (Å²) in [5.41, 5.74) is 0.287. The lowest BCUT2D eigenvalue weighted by Gasteiger charge is -2.29. The molecule has 3 aliphatic heterocycles. The Morgan fingerprint density at radius 2 is 2.21 bits per heavy atom. The molecule has 0 saturated carbocycles. The molecule has 1 N–H and O–H groups in total. The molecule has 1 spiro atoms. The molecular weight excluding hydrogens is 363 g/mol. The fraction of sp³-hybridized carbons (Fsp3) is 0.550. The molecule has 1 aromatic heterocycles. The first-order valence-corrected chi connectivity index (χ1v) is 9.87. The number of rotatable bonds is 5. The Morgan fingerprint density at radius 3 is 2.96 bits per heavy atom. The molecule has 2 aromatic rings. The minimum absolute atomic E-state index is 0.178. The van der Waals surface area contributed by atoms with Crippen molar-refractivity contribution in [3.8, 4) is 0 Å². The normalized spacial score (nSPS) is 30.6. The zero-order valence-corrected chi connectivity index (χ0v) is 15.7. The van der Waals surface area contributed by atoms with E-state index < -0.39 is 0 Å². The molecule has 7 nitrogen and oxygen atoms in total. The Bertz CT molecular complexity index is 886. The minimum Gasteiger partial charge on any atom is -0.369 e. The zero-order valence-electron chi connectivity index (χ0n) is 15.7. The number of amides is 1. The van der Waals surface area contributed by atoms with E-state index in [0.29, 0.717) is 36.3 Å². The van der Waals surface area contributed by atoms with Crippen molar-refractivity contribution in [2.24, 2.45) is 11.8 Å². The van der Waals surface area contributed by atoms with E-state index in [1.54, 1.807) is 0 Å². The Labute approximate surface area is 162 Å². The van der Waals surface area contributed by atoms with E-state index in [2.05, 4.69) is 20.4 Å². The molecule has 5 rings (SSSR count). The van der Waals surface area contributed by atoms with Crippen LogP contribution >= 0.6 is 0 Å². The van der Waals surface area contributed by atoms with Crippen LogP contribution in [0.3, 0.4) is 0 Å². The predicted molar refractivity (Wildman–Crippen MR) is 98.4 cm³/mol. The van der Waals surface area contributed by atoms with Gasteiger partial charge < -0.3 is 19.5 Å². The number of aromatic nitrogens is 2. The molecule has 0 unspecified atom stereocenters. The lowest BCUT2D eigenvalue weighted by molar-refractivity contribution is 0.0141. The molecule has 2 bridgehead atoms. The average molecular weight is 386 g/mol. The summed E-state index contributed by atoms with van der Waals surface area (Å²) in [7, 11) is 0. The summed E-state index contributed by atoms with van der Waals surface area (Å²) >= 11 is 0. The number of benzene rings is 1. The van der Waals surface area contributed by atoms with Crippen molar-refractivity contribution in [1.82, 2.24) is 15.5 Å². The molecule has 4 atom stereocenters. The Balaban J connectivity index is 1.27. The van der Waals surface area contributed by atoms with E-state index >= 15 is 0 Å². The quantitative estimate of drug-likeness (QED) is 0.849. The minimum atomic E-state index is -0.348. The van der Waals surface area contributed by atoms with Crippen LogP contribution < -0.4 is 10.2 Å². The second-order valence-corrected chi connectivity index (χ2v) is 7.97. The summed E-state index contributed by atoms with van der Waals surface area (Å²) < 4.78 is 24.7. The number of carbonyl (C=O) groups excluding carboxylic acids is 1. The SMILES string of the molecule is CCc1nc(N2C[C@@H]3[C@H](CNC(=O)c4ccc(F)cc4)[C@H]4CC[C@]3(C2)O4)no1. The second kappa shape index (κ2) is 6.55. The number of carbonyl (C=O) groups is 1. The lowest BCUT2D eigenvalue weighted by atomic mass is 9.73. The van der Waals surface area contributed by atoms with Gasteiger partial charge in [0.05, 0.1) is 18.2 Å². The van der Waals surface area contributed by atoms with Gasteiger partial charge >= 0.3 is 0 Å². The highest BCUT2D eigenvalue weighted by molar-refractivity contribution is 5.94. The number of fused-ring (bicyclic) bond motifs is 1.